The van der Waals surface area contributed by atoms with E-state index in [4.69, 9.17) is 9.47 Å². The van der Waals surface area contributed by atoms with Crippen molar-refractivity contribution in [1.29, 1.82) is 0 Å². The highest BCUT2D eigenvalue weighted by atomic mass is 16.5. The van der Waals surface area contributed by atoms with Crippen LogP contribution in [-0.4, -0.2) is 20.3 Å². The molecule has 0 N–H and O–H groups in total. The van der Waals surface area contributed by atoms with Crippen LogP contribution in [0.5, 0.6) is 5.75 Å². The Labute approximate surface area is 78.5 Å². The molecule has 0 aliphatic carbocycles. The summed E-state index contributed by atoms with van der Waals surface area (Å²) < 4.78 is 10.1. The lowest BCUT2D eigenvalue weighted by Gasteiger charge is -1.99. The third-order valence-corrected chi connectivity index (χ3v) is 1.40. The predicted molar refractivity (Wildman–Crippen MR) is 51.6 cm³/mol. The van der Waals surface area contributed by atoms with Crippen molar-refractivity contribution in [2.45, 2.75) is 0 Å². The van der Waals surface area contributed by atoms with E-state index < -0.39 is 0 Å². The Hall–Kier alpha value is -1.46. The first-order valence-electron chi connectivity index (χ1n) is 4.06. The van der Waals surface area contributed by atoms with Gasteiger partial charge in [0.15, 0.2) is 0 Å². The molecule has 0 atom stereocenters. The van der Waals surface area contributed by atoms with Crippen molar-refractivity contribution >= 4 is 0 Å². The Morgan fingerprint density at radius 1 is 1.08 bits per heavy atom. The van der Waals surface area contributed by atoms with Gasteiger partial charge in [-0.3, -0.25) is 0 Å². The zero-order valence-electron chi connectivity index (χ0n) is 7.62. The normalized spacial score (nSPS) is 8.69. The molecular weight excluding hydrogens is 164 g/mol. The number of benzene rings is 1. The van der Waals surface area contributed by atoms with E-state index in [1.54, 1.807) is 7.11 Å². The molecule has 0 bridgehead atoms. The molecule has 2 heteroatoms. The molecule has 0 fully saturated rings. The van der Waals surface area contributed by atoms with Crippen LogP contribution < -0.4 is 4.74 Å². The van der Waals surface area contributed by atoms with E-state index in [1.165, 1.54) is 0 Å². The molecule has 68 valence electrons. The molecule has 0 saturated carbocycles. The summed E-state index contributed by atoms with van der Waals surface area (Å²) in [5.74, 6) is 6.49. The van der Waals surface area contributed by atoms with E-state index in [2.05, 4.69) is 11.8 Å². The first kappa shape index (κ1) is 9.63. The minimum absolute atomic E-state index is 0.410. The summed E-state index contributed by atoms with van der Waals surface area (Å²) in [5, 5.41) is 0. The summed E-state index contributed by atoms with van der Waals surface area (Å²) in [6, 6.07) is 9.61. The van der Waals surface area contributed by atoms with Gasteiger partial charge in [-0.05, 0) is 12.1 Å². The van der Waals surface area contributed by atoms with E-state index in [1.807, 2.05) is 30.3 Å². The molecule has 0 aliphatic rings. The molecular formula is C11H12O2. The highest BCUT2D eigenvalue weighted by Gasteiger charge is 1.86. The van der Waals surface area contributed by atoms with Gasteiger partial charge in [0.05, 0.1) is 0 Å². The molecule has 0 aliphatic heterocycles. The van der Waals surface area contributed by atoms with Crippen molar-refractivity contribution in [3.63, 3.8) is 0 Å². The summed E-state index contributed by atoms with van der Waals surface area (Å²) in [6.07, 6.45) is 0. The van der Waals surface area contributed by atoms with Crippen molar-refractivity contribution < 1.29 is 9.47 Å². The highest BCUT2D eigenvalue weighted by Crippen LogP contribution is 2.07. The maximum atomic E-state index is 5.32. The van der Waals surface area contributed by atoms with Crippen LogP contribution in [0.15, 0.2) is 30.3 Å². The number of rotatable bonds is 3. The summed E-state index contributed by atoms with van der Waals surface area (Å²) >= 11 is 0. The van der Waals surface area contributed by atoms with Crippen molar-refractivity contribution in [3.05, 3.63) is 30.3 Å². The van der Waals surface area contributed by atoms with Crippen LogP contribution in [0.2, 0.25) is 0 Å². The molecule has 0 unspecified atom stereocenters. The molecule has 0 radical (unpaired) electrons. The van der Waals surface area contributed by atoms with Crippen LogP contribution in [0, 0.1) is 11.8 Å². The minimum atomic E-state index is 0.410. The average molecular weight is 176 g/mol. The van der Waals surface area contributed by atoms with E-state index in [0.717, 1.165) is 5.75 Å². The topological polar surface area (TPSA) is 18.5 Å². The maximum absolute atomic E-state index is 5.32. The Morgan fingerprint density at radius 2 is 1.77 bits per heavy atom. The fraction of sp³-hybridized carbons (Fsp3) is 0.273. The molecule has 13 heavy (non-hydrogen) atoms. The Kier molecular flexibility index (Phi) is 4.52. The molecule has 0 spiro atoms. The first-order chi connectivity index (χ1) is 6.43. The smallest absolute Gasteiger partial charge is 0.149 e. The number of ether oxygens (including phenoxy) is 2. The molecule has 0 heterocycles. The van der Waals surface area contributed by atoms with Crippen LogP contribution >= 0.6 is 0 Å². The van der Waals surface area contributed by atoms with Crippen molar-refractivity contribution in [3.8, 4) is 17.6 Å². The van der Waals surface area contributed by atoms with E-state index in [9.17, 15) is 0 Å². The van der Waals surface area contributed by atoms with Gasteiger partial charge in [0.25, 0.3) is 0 Å². The van der Waals surface area contributed by atoms with Crippen LogP contribution in [0.3, 0.4) is 0 Å². The molecule has 0 amide bonds. The van der Waals surface area contributed by atoms with Crippen molar-refractivity contribution in [1.82, 2.24) is 0 Å². The number of hydrogen-bond acceptors (Lipinski definition) is 2. The van der Waals surface area contributed by atoms with Gasteiger partial charge < -0.3 is 9.47 Å². The molecule has 1 aromatic carbocycles. The SMILES string of the molecule is COCC#CCOc1ccccc1. The number of methoxy groups -OCH3 is 1. The second kappa shape index (κ2) is 6.10. The van der Waals surface area contributed by atoms with Gasteiger partial charge in [0, 0.05) is 7.11 Å². The lowest BCUT2D eigenvalue weighted by Crippen LogP contribution is -1.93. The van der Waals surface area contributed by atoms with Gasteiger partial charge >= 0.3 is 0 Å². The molecule has 0 saturated heterocycles. The van der Waals surface area contributed by atoms with E-state index in [-0.39, 0.29) is 0 Å². The largest absolute Gasteiger partial charge is 0.481 e. The highest BCUT2D eigenvalue weighted by molar-refractivity contribution is 5.21. The first-order valence-corrected chi connectivity index (χ1v) is 4.06. The third-order valence-electron chi connectivity index (χ3n) is 1.40. The van der Waals surface area contributed by atoms with Gasteiger partial charge in [0.1, 0.15) is 19.0 Å². The Bertz CT molecular complexity index is 282. The Morgan fingerprint density at radius 3 is 2.46 bits per heavy atom. The zero-order valence-corrected chi connectivity index (χ0v) is 7.62. The van der Waals surface area contributed by atoms with Gasteiger partial charge in [-0.1, -0.05) is 30.0 Å². The van der Waals surface area contributed by atoms with Crippen LogP contribution in [0.4, 0.5) is 0 Å². The van der Waals surface area contributed by atoms with E-state index in [0.29, 0.717) is 13.2 Å². The Balaban J connectivity index is 2.25. The fourth-order valence-corrected chi connectivity index (χ4v) is 0.810. The van der Waals surface area contributed by atoms with Gasteiger partial charge in [-0.2, -0.15) is 0 Å². The van der Waals surface area contributed by atoms with Crippen LogP contribution in [0.25, 0.3) is 0 Å². The second-order valence-electron chi connectivity index (χ2n) is 2.39. The third kappa shape index (κ3) is 4.19. The standard InChI is InChI=1S/C11H12O2/c1-12-9-5-6-10-13-11-7-3-2-4-8-11/h2-4,7-8H,9-10H2,1H3. The maximum Gasteiger partial charge on any atom is 0.149 e. The lowest BCUT2D eigenvalue weighted by atomic mass is 10.3. The van der Waals surface area contributed by atoms with Crippen molar-refractivity contribution in [2.75, 3.05) is 20.3 Å². The summed E-state index contributed by atoms with van der Waals surface area (Å²) in [4.78, 5) is 0. The predicted octanol–water partition coefficient (Wildman–Crippen LogP) is 1.72. The van der Waals surface area contributed by atoms with Crippen LogP contribution in [0.1, 0.15) is 0 Å². The molecule has 1 aromatic rings. The quantitative estimate of drug-likeness (QED) is 0.653. The van der Waals surface area contributed by atoms with Gasteiger partial charge in [0.2, 0.25) is 0 Å². The molecule has 1 rings (SSSR count). The average Bonchev–Trinajstić information content (AvgIpc) is 2.19. The second-order valence-corrected chi connectivity index (χ2v) is 2.39. The van der Waals surface area contributed by atoms with E-state index >= 15 is 0 Å². The number of para-hydroxylation sites is 1. The lowest BCUT2D eigenvalue weighted by molar-refractivity contribution is 0.239. The molecule has 2 nitrogen and oxygen atoms in total. The van der Waals surface area contributed by atoms with Gasteiger partial charge in [-0.15, -0.1) is 0 Å². The zero-order chi connectivity index (χ0) is 9.36. The summed E-state index contributed by atoms with van der Waals surface area (Å²) in [6.45, 7) is 0.867. The monoisotopic (exact) mass is 176 g/mol. The van der Waals surface area contributed by atoms with Crippen LogP contribution in [-0.2, 0) is 4.74 Å². The minimum Gasteiger partial charge on any atom is -0.481 e. The number of hydrogen-bond donors (Lipinski definition) is 0. The summed E-state index contributed by atoms with van der Waals surface area (Å²) in [5.41, 5.74) is 0. The fourth-order valence-electron chi connectivity index (χ4n) is 0.810. The molecule has 0 aromatic heterocycles. The van der Waals surface area contributed by atoms with Crippen molar-refractivity contribution in [2.24, 2.45) is 0 Å². The summed E-state index contributed by atoms with van der Waals surface area (Å²) in [7, 11) is 1.62. The van der Waals surface area contributed by atoms with Gasteiger partial charge in [-0.25, -0.2) is 0 Å².